The van der Waals surface area contributed by atoms with Gasteiger partial charge in [0.25, 0.3) is 0 Å². The molecule has 6 heteroatoms. The molecule has 0 heterocycles. The number of hydrogen-bond acceptors (Lipinski definition) is 4. The zero-order valence-electron chi connectivity index (χ0n) is 10.7. The van der Waals surface area contributed by atoms with E-state index in [1.165, 1.54) is 12.1 Å². The van der Waals surface area contributed by atoms with Crippen molar-refractivity contribution in [3.05, 3.63) is 64.1 Å². The Hall–Kier alpha value is -2.35. The number of nitrogens with one attached hydrogen (secondary N) is 1. The fourth-order valence-corrected chi connectivity index (χ4v) is 1.84. The number of Topliss-reactive ketones (excluding diaryl/α,β-unsaturated/α-hetero) is 1. The van der Waals surface area contributed by atoms with E-state index in [9.17, 15) is 4.79 Å². The van der Waals surface area contributed by atoms with Gasteiger partial charge in [0.05, 0.1) is 10.7 Å². The van der Waals surface area contributed by atoms with Crippen LogP contribution in [0.3, 0.4) is 0 Å². The first-order valence-corrected chi connectivity index (χ1v) is 6.66. The zero-order valence-corrected chi connectivity index (χ0v) is 12.2. The number of para-hydroxylation sites is 1. The van der Waals surface area contributed by atoms with Crippen LogP contribution in [0.5, 0.6) is 0 Å². The lowest BCUT2D eigenvalue weighted by Crippen LogP contribution is -2.14. The molecule has 1 N–H and O–H groups in total. The van der Waals surface area contributed by atoms with E-state index in [0.29, 0.717) is 21.3 Å². The fourth-order valence-electron chi connectivity index (χ4n) is 1.53. The third-order valence-corrected chi connectivity index (χ3v) is 3.17. The van der Waals surface area contributed by atoms with Gasteiger partial charge in [-0.15, -0.1) is 0 Å². The van der Waals surface area contributed by atoms with Gasteiger partial charge in [0.1, 0.15) is 6.07 Å². The van der Waals surface area contributed by atoms with Crippen LogP contribution in [0.1, 0.15) is 10.4 Å². The van der Waals surface area contributed by atoms with Gasteiger partial charge in [-0.3, -0.25) is 10.2 Å². The Morgan fingerprint density at radius 3 is 2.38 bits per heavy atom. The van der Waals surface area contributed by atoms with E-state index in [2.05, 4.69) is 10.5 Å². The molecule has 21 heavy (non-hydrogen) atoms. The maximum Gasteiger partial charge on any atom is 0.223 e. The molecule has 0 aliphatic carbocycles. The number of hydrazone groups is 1. The Kier molecular flexibility index (Phi) is 4.94. The molecular formula is C15H9Cl2N3O. The van der Waals surface area contributed by atoms with Crippen molar-refractivity contribution in [2.24, 2.45) is 5.10 Å². The summed E-state index contributed by atoms with van der Waals surface area (Å²) >= 11 is 11.7. The minimum atomic E-state index is -0.492. The van der Waals surface area contributed by atoms with E-state index in [1.807, 2.05) is 0 Å². The highest BCUT2D eigenvalue weighted by Gasteiger charge is 2.14. The van der Waals surface area contributed by atoms with Gasteiger partial charge in [0.15, 0.2) is 0 Å². The van der Waals surface area contributed by atoms with Crippen molar-refractivity contribution in [1.29, 1.82) is 5.26 Å². The van der Waals surface area contributed by atoms with Gasteiger partial charge < -0.3 is 0 Å². The molecule has 0 aliphatic heterocycles. The van der Waals surface area contributed by atoms with Gasteiger partial charge >= 0.3 is 0 Å². The van der Waals surface area contributed by atoms with Gasteiger partial charge in [-0.25, -0.2) is 0 Å². The predicted molar refractivity (Wildman–Crippen MR) is 83.9 cm³/mol. The van der Waals surface area contributed by atoms with E-state index in [-0.39, 0.29) is 5.71 Å². The van der Waals surface area contributed by atoms with Crippen LogP contribution in [0, 0.1) is 11.3 Å². The van der Waals surface area contributed by atoms with Crippen molar-refractivity contribution in [3.8, 4) is 6.07 Å². The van der Waals surface area contributed by atoms with Crippen LogP contribution < -0.4 is 5.43 Å². The lowest BCUT2D eigenvalue weighted by molar-refractivity contribution is 0.106. The number of nitrogens with zero attached hydrogens (tertiary/aromatic N) is 2. The monoisotopic (exact) mass is 317 g/mol. The summed E-state index contributed by atoms with van der Waals surface area (Å²) < 4.78 is 0. The molecule has 0 unspecified atom stereocenters. The highest BCUT2D eigenvalue weighted by molar-refractivity contribution is 6.51. The van der Waals surface area contributed by atoms with Crippen molar-refractivity contribution < 1.29 is 4.79 Å². The van der Waals surface area contributed by atoms with Crippen LogP contribution in [0.25, 0.3) is 0 Å². The topological polar surface area (TPSA) is 65.2 Å². The minimum absolute atomic E-state index is 0.266. The summed E-state index contributed by atoms with van der Waals surface area (Å²) in [5, 5.41) is 13.8. The normalized spacial score (nSPS) is 10.8. The van der Waals surface area contributed by atoms with Crippen LogP contribution in [-0.2, 0) is 0 Å². The lowest BCUT2D eigenvalue weighted by Gasteiger charge is -2.03. The minimum Gasteiger partial charge on any atom is -0.286 e. The fraction of sp³-hybridized carbons (Fsp3) is 0. The summed E-state index contributed by atoms with van der Waals surface area (Å²) in [6.07, 6.45) is 0. The summed E-state index contributed by atoms with van der Waals surface area (Å²) in [7, 11) is 0. The number of ketones is 1. The van der Waals surface area contributed by atoms with Gasteiger partial charge in [-0.1, -0.05) is 35.3 Å². The first kappa shape index (κ1) is 15.0. The van der Waals surface area contributed by atoms with Crippen molar-refractivity contribution in [1.82, 2.24) is 0 Å². The number of anilines is 1. The van der Waals surface area contributed by atoms with E-state index in [4.69, 9.17) is 28.5 Å². The maximum atomic E-state index is 12.1. The van der Waals surface area contributed by atoms with Crippen LogP contribution in [0.2, 0.25) is 10.0 Å². The molecule has 0 aliphatic rings. The van der Waals surface area contributed by atoms with Crippen molar-refractivity contribution >= 4 is 40.4 Å². The molecule has 0 atom stereocenters. The SMILES string of the molecule is N#C/C(=N/Nc1ccccc1Cl)C(=O)c1ccc(Cl)cc1. The van der Waals surface area contributed by atoms with Crippen LogP contribution in [-0.4, -0.2) is 11.5 Å². The molecule has 104 valence electrons. The zero-order chi connectivity index (χ0) is 15.2. The molecule has 4 nitrogen and oxygen atoms in total. The Bertz CT molecular complexity index is 733. The number of benzene rings is 2. The van der Waals surface area contributed by atoms with E-state index in [1.54, 1.807) is 42.5 Å². The van der Waals surface area contributed by atoms with Gasteiger partial charge in [0, 0.05) is 10.6 Å². The molecule has 0 radical (unpaired) electrons. The van der Waals surface area contributed by atoms with Crippen LogP contribution in [0.4, 0.5) is 5.69 Å². The Labute approximate surface area is 131 Å². The summed E-state index contributed by atoms with van der Waals surface area (Å²) in [5.41, 5.74) is 3.19. The first-order valence-electron chi connectivity index (χ1n) is 5.90. The van der Waals surface area contributed by atoms with Gasteiger partial charge in [0.2, 0.25) is 11.5 Å². The molecule has 0 fully saturated rings. The Morgan fingerprint density at radius 2 is 1.76 bits per heavy atom. The molecule has 0 spiro atoms. The van der Waals surface area contributed by atoms with Gasteiger partial charge in [-0.05, 0) is 36.4 Å². The molecule has 0 saturated heterocycles. The highest BCUT2D eigenvalue weighted by Crippen LogP contribution is 2.20. The van der Waals surface area contributed by atoms with Crippen molar-refractivity contribution in [2.75, 3.05) is 5.43 Å². The number of nitriles is 1. The second-order valence-electron chi connectivity index (χ2n) is 4.00. The second-order valence-corrected chi connectivity index (χ2v) is 4.84. The number of halogens is 2. The second kappa shape index (κ2) is 6.89. The third kappa shape index (κ3) is 3.82. The van der Waals surface area contributed by atoms with Crippen LogP contribution in [0.15, 0.2) is 53.6 Å². The number of carbonyl (C=O) groups excluding carboxylic acids is 1. The smallest absolute Gasteiger partial charge is 0.223 e. The standard InChI is InChI=1S/C15H9Cl2N3O/c16-11-7-5-10(6-8-11)15(21)14(9-18)20-19-13-4-2-1-3-12(13)17/h1-8,19H/b20-14-. The maximum absolute atomic E-state index is 12.1. The number of carbonyl (C=O) groups is 1. The summed E-state index contributed by atoms with van der Waals surface area (Å²) in [6.45, 7) is 0. The van der Waals surface area contributed by atoms with Crippen molar-refractivity contribution in [3.63, 3.8) is 0 Å². The Morgan fingerprint density at radius 1 is 1.10 bits per heavy atom. The van der Waals surface area contributed by atoms with Gasteiger partial charge in [-0.2, -0.15) is 10.4 Å². The van der Waals surface area contributed by atoms with E-state index >= 15 is 0 Å². The quantitative estimate of drug-likeness (QED) is 0.523. The molecule has 0 amide bonds. The summed E-state index contributed by atoms with van der Waals surface area (Å²) in [6, 6.07) is 14.9. The number of hydrogen-bond donors (Lipinski definition) is 1. The third-order valence-electron chi connectivity index (χ3n) is 2.59. The van der Waals surface area contributed by atoms with E-state index < -0.39 is 5.78 Å². The van der Waals surface area contributed by atoms with Crippen molar-refractivity contribution in [2.45, 2.75) is 0 Å². The molecular weight excluding hydrogens is 309 g/mol. The average Bonchev–Trinajstić information content (AvgIpc) is 2.50. The molecule has 2 aromatic rings. The van der Waals surface area contributed by atoms with Crippen LogP contribution >= 0.6 is 23.2 Å². The highest BCUT2D eigenvalue weighted by atomic mass is 35.5. The summed E-state index contributed by atoms with van der Waals surface area (Å²) in [5.74, 6) is -0.492. The molecule has 2 aromatic carbocycles. The molecule has 0 saturated carbocycles. The Balaban J connectivity index is 2.21. The summed E-state index contributed by atoms with van der Waals surface area (Å²) in [4.78, 5) is 12.1. The average molecular weight is 318 g/mol. The largest absolute Gasteiger partial charge is 0.286 e. The lowest BCUT2D eigenvalue weighted by atomic mass is 10.1. The first-order chi connectivity index (χ1) is 10.1. The number of rotatable bonds is 4. The van der Waals surface area contributed by atoms with E-state index in [0.717, 1.165) is 0 Å². The molecule has 2 rings (SSSR count). The molecule has 0 aromatic heterocycles. The molecule has 0 bridgehead atoms. The predicted octanol–water partition coefficient (Wildman–Crippen LogP) is 4.17.